The van der Waals surface area contributed by atoms with Gasteiger partial charge >= 0.3 is 5.97 Å². The molecule has 94 valence electrons. The van der Waals surface area contributed by atoms with Gasteiger partial charge in [0, 0.05) is 12.5 Å². The summed E-state index contributed by atoms with van der Waals surface area (Å²) in [6.45, 7) is 3.98. The van der Waals surface area contributed by atoms with Gasteiger partial charge in [-0.15, -0.1) is 0 Å². The van der Waals surface area contributed by atoms with Gasteiger partial charge in [0.1, 0.15) is 0 Å². The Morgan fingerprint density at radius 2 is 2.00 bits per heavy atom. The van der Waals surface area contributed by atoms with E-state index in [2.05, 4.69) is 0 Å². The van der Waals surface area contributed by atoms with Crippen LogP contribution in [0, 0.1) is 11.3 Å². The highest BCUT2D eigenvalue weighted by Crippen LogP contribution is 2.35. The van der Waals surface area contributed by atoms with Crippen molar-refractivity contribution in [3.63, 3.8) is 0 Å². The van der Waals surface area contributed by atoms with Gasteiger partial charge in [-0.3, -0.25) is 0 Å². The minimum absolute atomic E-state index is 0.275. The molecule has 0 amide bonds. The van der Waals surface area contributed by atoms with Crippen molar-refractivity contribution in [3.8, 4) is 0 Å². The molecule has 1 unspecified atom stereocenters. The third-order valence-corrected chi connectivity index (χ3v) is 3.84. The summed E-state index contributed by atoms with van der Waals surface area (Å²) < 4.78 is 5.09. The molecular weight excluding hydrogens is 204 g/mol. The maximum atomic E-state index is 11.0. The summed E-state index contributed by atoms with van der Waals surface area (Å²) in [6.07, 6.45) is 6.72. The van der Waals surface area contributed by atoms with Crippen LogP contribution in [-0.2, 0) is 9.53 Å². The minimum atomic E-state index is -0.848. The maximum Gasteiger partial charge on any atom is 0.333 e. The Balaban J connectivity index is 2.45. The molecule has 3 nitrogen and oxygen atoms in total. The van der Waals surface area contributed by atoms with E-state index < -0.39 is 12.1 Å². The van der Waals surface area contributed by atoms with Gasteiger partial charge in [0.2, 0.25) is 0 Å². The lowest BCUT2D eigenvalue weighted by Crippen LogP contribution is -2.38. The van der Waals surface area contributed by atoms with Crippen molar-refractivity contribution >= 4 is 5.97 Å². The molecule has 1 atom stereocenters. The lowest BCUT2D eigenvalue weighted by Gasteiger charge is -2.31. The second-order valence-electron chi connectivity index (χ2n) is 5.63. The molecule has 0 aromatic heterocycles. The number of carboxylic acids is 1. The zero-order valence-corrected chi connectivity index (χ0v) is 10.7. The van der Waals surface area contributed by atoms with E-state index in [9.17, 15) is 4.79 Å². The molecule has 1 fully saturated rings. The van der Waals surface area contributed by atoms with Gasteiger partial charge in [0.15, 0.2) is 6.10 Å². The number of carbonyl (C=O) groups is 1. The lowest BCUT2D eigenvalue weighted by molar-refractivity contribution is -0.156. The van der Waals surface area contributed by atoms with Crippen molar-refractivity contribution in [3.05, 3.63) is 0 Å². The van der Waals surface area contributed by atoms with Crippen LogP contribution in [0.15, 0.2) is 0 Å². The van der Waals surface area contributed by atoms with Crippen LogP contribution in [0.5, 0.6) is 0 Å². The van der Waals surface area contributed by atoms with Gasteiger partial charge in [0.25, 0.3) is 0 Å². The predicted octanol–water partition coefficient (Wildman–Crippen LogP) is 3.08. The van der Waals surface area contributed by atoms with Crippen molar-refractivity contribution in [1.82, 2.24) is 0 Å². The van der Waals surface area contributed by atoms with Gasteiger partial charge in [0.05, 0.1) is 0 Å². The van der Waals surface area contributed by atoms with Gasteiger partial charge in [-0.25, -0.2) is 4.79 Å². The molecule has 0 heterocycles. The second kappa shape index (κ2) is 5.67. The molecule has 1 N–H and O–H groups in total. The van der Waals surface area contributed by atoms with Crippen LogP contribution < -0.4 is 0 Å². The summed E-state index contributed by atoms with van der Waals surface area (Å²) in [7, 11) is 1.48. The molecule has 0 bridgehead atoms. The van der Waals surface area contributed by atoms with Gasteiger partial charge in [-0.1, -0.05) is 39.5 Å². The number of carboxylic acid groups (broad SMARTS) is 1. The van der Waals surface area contributed by atoms with E-state index in [-0.39, 0.29) is 5.41 Å². The molecule has 0 spiro atoms. The first-order chi connectivity index (χ1) is 7.47. The number of hydrogen-bond acceptors (Lipinski definition) is 2. The summed E-state index contributed by atoms with van der Waals surface area (Å²) in [5, 5.41) is 9.08. The first kappa shape index (κ1) is 13.5. The van der Waals surface area contributed by atoms with Crippen molar-refractivity contribution in [2.24, 2.45) is 11.3 Å². The van der Waals surface area contributed by atoms with Gasteiger partial charge in [-0.2, -0.15) is 0 Å². The third kappa shape index (κ3) is 3.48. The van der Waals surface area contributed by atoms with E-state index in [1.54, 1.807) is 0 Å². The number of rotatable bonds is 6. The molecule has 1 aliphatic rings. The lowest BCUT2D eigenvalue weighted by atomic mass is 9.79. The summed E-state index contributed by atoms with van der Waals surface area (Å²) in [5.74, 6) is -0.0375. The van der Waals surface area contributed by atoms with E-state index in [1.807, 2.05) is 13.8 Å². The van der Waals surface area contributed by atoms with Crippen molar-refractivity contribution in [2.75, 3.05) is 7.11 Å². The van der Waals surface area contributed by atoms with E-state index >= 15 is 0 Å². The molecule has 1 saturated carbocycles. The Kier molecular flexibility index (Phi) is 4.78. The van der Waals surface area contributed by atoms with E-state index in [4.69, 9.17) is 9.84 Å². The molecule has 0 saturated heterocycles. The Bertz CT molecular complexity index is 229. The third-order valence-electron chi connectivity index (χ3n) is 3.84. The number of aliphatic carboxylic acids is 1. The Labute approximate surface area is 98.2 Å². The Morgan fingerprint density at radius 1 is 1.44 bits per heavy atom. The zero-order chi connectivity index (χ0) is 12.2. The van der Waals surface area contributed by atoms with Crippen LogP contribution in [0.25, 0.3) is 0 Å². The first-order valence-corrected chi connectivity index (χ1v) is 6.23. The van der Waals surface area contributed by atoms with Crippen molar-refractivity contribution in [2.45, 2.75) is 58.5 Å². The maximum absolute atomic E-state index is 11.0. The van der Waals surface area contributed by atoms with Crippen molar-refractivity contribution < 1.29 is 14.6 Å². The van der Waals surface area contributed by atoms with Crippen molar-refractivity contribution in [1.29, 1.82) is 0 Å². The fourth-order valence-corrected chi connectivity index (χ4v) is 2.76. The standard InChI is InChI=1S/C13H24O3/c1-13(2,11(16-3)12(14)15)9-8-10-6-4-5-7-10/h10-11H,4-9H2,1-3H3,(H,14,15). The number of methoxy groups -OCH3 is 1. The summed E-state index contributed by atoms with van der Waals surface area (Å²) in [6, 6.07) is 0. The van der Waals surface area contributed by atoms with Gasteiger partial charge in [-0.05, 0) is 18.8 Å². The monoisotopic (exact) mass is 228 g/mol. The van der Waals surface area contributed by atoms with E-state index in [1.165, 1.54) is 32.8 Å². The minimum Gasteiger partial charge on any atom is -0.479 e. The highest BCUT2D eigenvalue weighted by Gasteiger charge is 2.35. The van der Waals surface area contributed by atoms with Crippen LogP contribution in [0.1, 0.15) is 52.4 Å². The average molecular weight is 228 g/mol. The fraction of sp³-hybridized carbons (Fsp3) is 0.923. The predicted molar refractivity (Wildman–Crippen MR) is 63.4 cm³/mol. The van der Waals surface area contributed by atoms with Crippen LogP contribution in [0.3, 0.4) is 0 Å². The fourth-order valence-electron chi connectivity index (χ4n) is 2.76. The molecule has 16 heavy (non-hydrogen) atoms. The molecule has 0 aromatic carbocycles. The van der Waals surface area contributed by atoms with Crippen LogP contribution >= 0.6 is 0 Å². The quantitative estimate of drug-likeness (QED) is 0.760. The molecule has 3 heteroatoms. The SMILES string of the molecule is COC(C(=O)O)C(C)(C)CCC1CCCC1. The molecule has 0 aromatic rings. The number of hydrogen-bond donors (Lipinski definition) is 1. The summed E-state index contributed by atoms with van der Waals surface area (Å²) in [5.41, 5.74) is -0.275. The molecule has 0 radical (unpaired) electrons. The smallest absolute Gasteiger partial charge is 0.333 e. The normalized spacial score (nSPS) is 19.9. The van der Waals surface area contributed by atoms with Crippen LogP contribution in [0.2, 0.25) is 0 Å². The highest BCUT2D eigenvalue weighted by molar-refractivity contribution is 5.73. The zero-order valence-electron chi connectivity index (χ0n) is 10.7. The largest absolute Gasteiger partial charge is 0.479 e. The molecule has 1 rings (SSSR count). The van der Waals surface area contributed by atoms with Gasteiger partial charge < -0.3 is 9.84 Å². The summed E-state index contributed by atoms with van der Waals surface area (Å²) >= 11 is 0. The molecule has 0 aliphatic heterocycles. The van der Waals surface area contributed by atoms with E-state index in [0.717, 1.165) is 18.8 Å². The molecular formula is C13H24O3. The number of ether oxygens (including phenoxy) is 1. The topological polar surface area (TPSA) is 46.5 Å². The average Bonchev–Trinajstić information content (AvgIpc) is 2.67. The Hall–Kier alpha value is -0.570. The Morgan fingerprint density at radius 3 is 2.44 bits per heavy atom. The second-order valence-corrected chi connectivity index (χ2v) is 5.63. The first-order valence-electron chi connectivity index (χ1n) is 6.23. The summed E-state index contributed by atoms with van der Waals surface area (Å²) in [4.78, 5) is 11.0. The highest BCUT2D eigenvalue weighted by atomic mass is 16.5. The van der Waals surface area contributed by atoms with E-state index in [0.29, 0.717) is 0 Å². The van der Waals surface area contributed by atoms with Crippen LogP contribution in [0.4, 0.5) is 0 Å². The van der Waals surface area contributed by atoms with Crippen LogP contribution in [-0.4, -0.2) is 24.3 Å². The molecule has 1 aliphatic carbocycles.